The van der Waals surface area contributed by atoms with Crippen LogP contribution in [0.15, 0.2) is 65.7 Å². The summed E-state index contributed by atoms with van der Waals surface area (Å²) >= 11 is 1.31. The number of hydrogen-bond donors (Lipinski definition) is 1. The number of rotatable bonds is 5. The average Bonchev–Trinajstić information content (AvgIpc) is 3.32. The van der Waals surface area contributed by atoms with Gasteiger partial charge in [0.2, 0.25) is 0 Å². The molecule has 164 valence electrons. The van der Waals surface area contributed by atoms with Crippen LogP contribution in [0.25, 0.3) is 5.57 Å². The smallest absolute Gasteiger partial charge is 0.406 e. The van der Waals surface area contributed by atoms with E-state index in [2.05, 4.69) is 10.1 Å². The molecule has 2 amide bonds. The Bertz CT molecular complexity index is 1220. The van der Waals surface area contributed by atoms with Crippen molar-refractivity contribution in [3.8, 4) is 5.75 Å². The Morgan fingerprint density at radius 2 is 1.66 bits per heavy atom. The van der Waals surface area contributed by atoms with Crippen LogP contribution in [0.4, 0.5) is 24.5 Å². The van der Waals surface area contributed by atoms with E-state index in [1.54, 1.807) is 29.6 Å². The number of hydrogen-bond acceptors (Lipinski definition) is 5. The summed E-state index contributed by atoms with van der Waals surface area (Å²) in [6.45, 7) is 3.72. The van der Waals surface area contributed by atoms with Crippen LogP contribution in [0, 0.1) is 13.8 Å². The third-order valence-electron chi connectivity index (χ3n) is 5.03. The number of anilines is 2. The zero-order valence-corrected chi connectivity index (χ0v) is 17.8. The van der Waals surface area contributed by atoms with E-state index in [1.165, 1.54) is 23.5 Å². The third kappa shape index (κ3) is 4.11. The molecule has 2 aromatic carbocycles. The van der Waals surface area contributed by atoms with Gasteiger partial charge in [0.15, 0.2) is 0 Å². The summed E-state index contributed by atoms with van der Waals surface area (Å²) in [5.41, 5.74) is 2.83. The maximum absolute atomic E-state index is 13.4. The molecule has 0 aliphatic carbocycles. The van der Waals surface area contributed by atoms with Crippen LogP contribution >= 0.6 is 11.3 Å². The second-order valence-corrected chi connectivity index (χ2v) is 8.04. The molecule has 1 aromatic heterocycles. The largest absolute Gasteiger partial charge is 0.573 e. The van der Waals surface area contributed by atoms with Crippen LogP contribution in [0.2, 0.25) is 0 Å². The third-order valence-corrected chi connectivity index (χ3v) is 5.91. The molecule has 9 heteroatoms. The lowest BCUT2D eigenvalue weighted by Gasteiger charge is -2.19. The lowest BCUT2D eigenvalue weighted by atomic mass is 10.1. The predicted octanol–water partition coefficient (Wildman–Crippen LogP) is 5.66. The Balaban J connectivity index is 1.72. The molecular weight excluding hydrogens is 441 g/mol. The minimum atomic E-state index is -4.80. The molecule has 0 bridgehead atoms. The molecule has 0 fully saturated rings. The van der Waals surface area contributed by atoms with E-state index < -0.39 is 18.2 Å². The summed E-state index contributed by atoms with van der Waals surface area (Å²) in [4.78, 5) is 28.5. The molecule has 1 aliphatic rings. The normalized spacial score (nSPS) is 14.3. The molecule has 3 aromatic rings. The average molecular weight is 458 g/mol. The molecule has 0 atom stereocenters. The zero-order valence-electron chi connectivity index (χ0n) is 17.0. The molecule has 0 spiro atoms. The fourth-order valence-corrected chi connectivity index (χ4v) is 4.14. The standard InChI is InChI=1S/C23H17F3N2O3S/c1-13-5-3-6-17(14(13)2)28-21(29)19(18-7-4-12-32-18)20(22(28)30)27-15-8-10-16(11-9-15)31-23(24,25)26/h3-12,27H,1-2H3. The highest BCUT2D eigenvalue weighted by Crippen LogP contribution is 2.37. The molecule has 1 N–H and O–H groups in total. The quantitative estimate of drug-likeness (QED) is 0.502. The van der Waals surface area contributed by atoms with Crippen LogP contribution < -0.4 is 15.0 Å². The van der Waals surface area contributed by atoms with E-state index in [9.17, 15) is 22.8 Å². The number of alkyl halides is 3. The van der Waals surface area contributed by atoms with Gasteiger partial charge in [-0.1, -0.05) is 18.2 Å². The first-order chi connectivity index (χ1) is 15.2. The van der Waals surface area contributed by atoms with E-state index in [0.717, 1.165) is 28.2 Å². The zero-order chi connectivity index (χ0) is 23.0. The van der Waals surface area contributed by atoms with E-state index in [1.807, 2.05) is 19.9 Å². The van der Waals surface area contributed by atoms with Crippen LogP contribution in [0.3, 0.4) is 0 Å². The Morgan fingerprint density at radius 1 is 0.938 bits per heavy atom. The maximum atomic E-state index is 13.4. The highest BCUT2D eigenvalue weighted by Gasteiger charge is 2.41. The molecule has 0 radical (unpaired) electrons. The van der Waals surface area contributed by atoms with Crippen LogP contribution in [0.5, 0.6) is 5.75 Å². The maximum Gasteiger partial charge on any atom is 0.573 e. The van der Waals surface area contributed by atoms with Gasteiger partial charge in [-0.15, -0.1) is 24.5 Å². The SMILES string of the molecule is Cc1cccc(N2C(=O)C(Nc3ccc(OC(F)(F)F)cc3)=C(c3cccs3)C2=O)c1C. The van der Waals surface area contributed by atoms with Crippen molar-refractivity contribution in [2.45, 2.75) is 20.2 Å². The first kappa shape index (κ1) is 21.6. The minimum Gasteiger partial charge on any atom is -0.406 e. The van der Waals surface area contributed by atoms with Gasteiger partial charge in [-0.25, -0.2) is 4.90 Å². The number of aryl methyl sites for hydroxylation is 1. The molecule has 0 saturated carbocycles. The first-order valence-corrected chi connectivity index (χ1v) is 10.4. The number of nitrogens with zero attached hydrogens (tertiary/aromatic N) is 1. The van der Waals surface area contributed by atoms with E-state index >= 15 is 0 Å². The fourth-order valence-electron chi connectivity index (χ4n) is 3.38. The highest BCUT2D eigenvalue weighted by molar-refractivity contribution is 7.11. The molecular formula is C23H17F3N2O3S. The van der Waals surface area contributed by atoms with Gasteiger partial charge >= 0.3 is 6.36 Å². The summed E-state index contributed by atoms with van der Waals surface area (Å²) in [6.07, 6.45) is -4.80. The van der Waals surface area contributed by atoms with Gasteiger partial charge in [0.1, 0.15) is 11.4 Å². The molecule has 32 heavy (non-hydrogen) atoms. The Kier molecular flexibility index (Phi) is 5.52. The number of benzene rings is 2. The topological polar surface area (TPSA) is 58.6 Å². The highest BCUT2D eigenvalue weighted by atomic mass is 32.1. The number of nitrogens with one attached hydrogen (secondary N) is 1. The molecule has 1 aliphatic heterocycles. The van der Waals surface area contributed by atoms with Crippen molar-refractivity contribution < 1.29 is 27.5 Å². The monoisotopic (exact) mass is 458 g/mol. The van der Waals surface area contributed by atoms with Crippen molar-refractivity contribution >= 4 is 40.1 Å². The number of amides is 2. The number of carbonyl (C=O) groups excluding carboxylic acids is 2. The molecule has 2 heterocycles. The Hall–Kier alpha value is -3.59. The lowest BCUT2D eigenvalue weighted by molar-refractivity contribution is -0.274. The number of halogens is 3. The molecule has 0 unspecified atom stereocenters. The number of carbonyl (C=O) groups is 2. The van der Waals surface area contributed by atoms with Crippen molar-refractivity contribution in [3.05, 3.63) is 81.7 Å². The fraction of sp³-hybridized carbons (Fsp3) is 0.130. The van der Waals surface area contributed by atoms with Gasteiger partial charge in [0.05, 0.1) is 11.3 Å². The van der Waals surface area contributed by atoms with Crippen LogP contribution in [-0.4, -0.2) is 18.2 Å². The summed E-state index contributed by atoms with van der Waals surface area (Å²) < 4.78 is 41.1. The van der Waals surface area contributed by atoms with Crippen LogP contribution in [0.1, 0.15) is 16.0 Å². The van der Waals surface area contributed by atoms with E-state index in [0.29, 0.717) is 16.3 Å². The van der Waals surface area contributed by atoms with Crippen molar-refractivity contribution in [1.29, 1.82) is 0 Å². The molecule has 0 saturated heterocycles. The van der Waals surface area contributed by atoms with Gasteiger partial charge in [0, 0.05) is 10.6 Å². The predicted molar refractivity (Wildman–Crippen MR) is 116 cm³/mol. The van der Waals surface area contributed by atoms with E-state index in [4.69, 9.17) is 0 Å². The molecule has 5 nitrogen and oxygen atoms in total. The second kappa shape index (κ2) is 8.16. The Morgan fingerprint density at radius 3 is 2.28 bits per heavy atom. The summed E-state index contributed by atoms with van der Waals surface area (Å²) in [5, 5.41) is 4.71. The minimum absolute atomic E-state index is 0.0582. The first-order valence-electron chi connectivity index (χ1n) is 9.51. The van der Waals surface area contributed by atoms with Crippen molar-refractivity contribution in [2.75, 3.05) is 10.2 Å². The van der Waals surface area contributed by atoms with Gasteiger partial charge in [-0.05, 0) is 66.8 Å². The van der Waals surface area contributed by atoms with Crippen molar-refractivity contribution in [1.82, 2.24) is 0 Å². The van der Waals surface area contributed by atoms with Crippen molar-refractivity contribution in [2.24, 2.45) is 0 Å². The number of thiophene rings is 1. The van der Waals surface area contributed by atoms with Crippen LogP contribution in [-0.2, 0) is 9.59 Å². The summed E-state index contributed by atoms with van der Waals surface area (Å²) in [7, 11) is 0. The lowest BCUT2D eigenvalue weighted by Crippen LogP contribution is -2.33. The molecule has 4 rings (SSSR count). The van der Waals surface area contributed by atoms with Gasteiger partial charge in [-0.2, -0.15) is 0 Å². The van der Waals surface area contributed by atoms with Crippen molar-refractivity contribution in [3.63, 3.8) is 0 Å². The van der Waals surface area contributed by atoms with Gasteiger partial charge < -0.3 is 10.1 Å². The Labute approximate surface area is 185 Å². The van der Waals surface area contributed by atoms with Gasteiger partial charge in [-0.3, -0.25) is 9.59 Å². The van der Waals surface area contributed by atoms with Gasteiger partial charge in [0.25, 0.3) is 11.8 Å². The number of ether oxygens (including phenoxy) is 1. The summed E-state index contributed by atoms with van der Waals surface area (Å²) in [6, 6.07) is 13.8. The van der Waals surface area contributed by atoms with E-state index in [-0.39, 0.29) is 17.0 Å². The number of imide groups is 1. The summed E-state index contributed by atoms with van der Waals surface area (Å²) in [5.74, 6) is -1.39. The second-order valence-electron chi connectivity index (χ2n) is 7.09.